The molecule has 0 amide bonds. The Morgan fingerprint density at radius 1 is 1.23 bits per heavy atom. The molecule has 0 bridgehead atoms. The van der Waals surface area contributed by atoms with Crippen LogP contribution in [0.2, 0.25) is 0 Å². The first-order valence-corrected chi connectivity index (χ1v) is 4.64. The van der Waals surface area contributed by atoms with Crippen LogP contribution in [0, 0.1) is 0 Å². The number of furan rings is 1. The molecule has 66 valence electrons. The molecule has 3 rings (SSSR count). The molecule has 1 aliphatic heterocycles. The first-order valence-electron chi connectivity index (χ1n) is 4.64. The van der Waals surface area contributed by atoms with Crippen LogP contribution in [0.1, 0.15) is 11.1 Å². The molecule has 2 aromatic rings. The highest BCUT2D eigenvalue weighted by molar-refractivity contribution is 5.81. The van der Waals surface area contributed by atoms with Gasteiger partial charge in [-0.3, -0.25) is 0 Å². The molecule has 0 unspecified atom stereocenters. The average Bonchev–Trinajstić information content (AvgIpc) is 2.65. The molecule has 1 N–H and O–H groups in total. The van der Waals surface area contributed by atoms with Gasteiger partial charge < -0.3 is 9.73 Å². The monoisotopic (exact) mass is 173 g/mol. The zero-order chi connectivity index (χ0) is 8.67. The van der Waals surface area contributed by atoms with Gasteiger partial charge in [-0.25, -0.2) is 0 Å². The van der Waals surface area contributed by atoms with Crippen molar-refractivity contribution in [3.8, 4) is 0 Å². The summed E-state index contributed by atoms with van der Waals surface area (Å²) in [5.74, 6) is 0. The molecule has 2 nitrogen and oxygen atoms in total. The van der Waals surface area contributed by atoms with Crippen LogP contribution in [0.4, 0.5) is 0 Å². The Balaban J connectivity index is 2.34. The van der Waals surface area contributed by atoms with Crippen LogP contribution < -0.4 is 5.32 Å². The predicted octanol–water partition coefficient (Wildman–Crippen LogP) is 2.08. The number of fused-ring (bicyclic) bond motifs is 3. The fraction of sp³-hybridized carbons (Fsp3) is 0.273. The normalized spacial score (nSPS) is 16.0. The van der Waals surface area contributed by atoms with Gasteiger partial charge in [-0.2, -0.15) is 0 Å². The van der Waals surface area contributed by atoms with Crippen LogP contribution in [0.25, 0.3) is 11.0 Å². The minimum Gasteiger partial charge on any atom is -0.464 e. The molecule has 13 heavy (non-hydrogen) atoms. The van der Waals surface area contributed by atoms with Crippen LogP contribution in [0.15, 0.2) is 28.9 Å². The highest BCUT2D eigenvalue weighted by Crippen LogP contribution is 2.25. The van der Waals surface area contributed by atoms with Crippen LogP contribution in [0.5, 0.6) is 0 Å². The van der Waals surface area contributed by atoms with Crippen LogP contribution >= 0.6 is 0 Å². The summed E-state index contributed by atoms with van der Waals surface area (Å²) in [7, 11) is 0. The standard InChI is InChI=1S/C11H11NO/c1-2-9-4-6-13-11(9)10-7-12-5-3-8(1)10/h1-2,4,6,12H,3,5,7H2. The van der Waals surface area contributed by atoms with Crippen molar-refractivity contribution < 1.29 is 4.42 Å². The largest absolute Gasteiger partial charge is 0.464 e. The molecule has 0 saturated heterocycles. The summed E-state index contributed by atoms with van der Waals surface area (Å²) in [5, 5.41) is 4.57. The van der Waals surface area contributed by atoms with E-state index >= 15 is 0 Å². The molecule has 1 aromatic heterocycles. The van der Waals surface area contributed by atoms with Crippen molar-refractivity contribution in [2.45, 2.75) is 13.0 Å². The van der Waals surface area contributed by atoms with Gasteiger partial charge in [0.05, 0.1) is 6.26 Å². The van der Waals surface area contributed by atoms with Gasteiger partial charge in [-0.1, -0.05) is 12.1 Å². The molecular formula is C11H11NO. The van der Waals surface area contributed by atoms with Crippen molar-refractivity contribution in [2.75, 3.05) is 6.54 Å². The molecule has 0 saturated carbocycles. The Kier molecular flexibility index (Phi) is 1.43. The molecule has 2 heterocycles. The summed E-state index contributed by atoms with van der Waals surface area (Å²) in [4.78, 5) is 0. The first-order chi connectivity index (χ1) is 6.45. The second-order valence-corrected chi connectivity index (χ2v) is 3.47. The quantitative estimate of drug-likeness (QED) is 0.659. The lowest BCUT2D eigenvalue weighted by Gasteiger charge is -2.16. The van der Waals surface area contributed by atoms with E-state index in [1.807, 2.05) is 6.07 Å². The number of benzene rings is 1. The summed E-state index contributed by atoms with van der Waals surface area (Å²) < 4.78 is 5.48. The summed E-state index contributed by atoms with van der Waals surface area (Å²) in [6, 6.07) is 6.38. The molecule has 0 atom stereocenters. The zero-order valence-electron chi connectivity index (χ0n) is 7.34. The Labute approximate surface area is 76.5 Å². The van der Waals surface area contributed by atoms with E-state index < -0.39 is 0 Å². The average molecular weight is 173 g/mol. The van der Waals surface area contributed by atoms with Gasteiger partial charge in [0.1, 0.15) is 5.58 Å². The van der Waals surface area contributed by atoms with Crippen molar-refractivity contribution in [3.63, 3.8) is 0 Å². The van der Waals surface area contributed by atoms with E-state index in [2.05, 4.69) is 17.4 Å². The van der Waals surface area contributed by atoms with Gasteiger partial charge in [0.25, 0.3) is 0 Å². The van der Waals surface area contributed by atoms with Crippen molar-refractivity contribution in [1.29, 1.82) is 0 Å². The van der Waals surface area contributed by atoms with E-state index in [4.69, 9.17) is 4.42 Å². The van der Waals surface area contributed by atoms with Crippen LogP contribution in [0.3, 0.4) is 0 Å². The third-order valence-electron chi connectivity index (χ3n) is 2.69. The smallest absolute Gasteiger partial charge is 0.138 e. The third kappa shape index (κ3) is 0.988. The number of hydrogen-bond acceptors (Lipinski definition) is 2. The molecular weight excluding hydrogens is 162 g/mol. The van der Waals surface area contributed by atoms with Gasteiger partial charge in [-0.05, 0) is 24.6 Å². The van der Waals surface area contributed by atoms with E-state index in [0.29, 0.717) is 0 Å². The number of rotatable bonds is 0. The summed E-state index contributed by atoms with van der Waals surface area (Å²) in [6.07, 6.45) is 2.88. The van der Waals surface area contributed by atoms with Crippen molar-refractivity contribution in [3.05, 3.63) is 35.6 Å². The minimum atomic E-state index is 0.945. The maximum Gasteiger partial charge on any atom is 0.138 e. The molecule has 0 radical (unpaired) electrons. The Morgan fingerprint density at radius 2 is 2.23 bits per heavy atom. The lowest BCUT2D eigenvalue weighted by atomic mass is 9.99. The molecule has 0 fully saturated rings. The molecule has 1 aliphatic rings. The van der Waals surface area contributed by atoms with E-state index in [0.717, 1.165) is 25.1 Å². The second-order valence-electron chi connectivity index (χ2n) is 3.47. The highest BCUT2D eigenvalue weighted by atomic mass is 16.3. The van der Waals surface area contributed by atoms with Crippen molar-refractivity contribution >= 4 is 11.0 Å². The fourth-order valence-corrected chi connectivity index (χ4v) is 2.00. The number of nitrogens with one attached hydrogen (secondary N) is 1. The predicted molar refractivity (Wildman–Crippen MR) is 51.6 cm³/mol. The van der Waals surface area contributed by atoms with Gasteiger partial charge >= 0.3 is 0 Å². The van der Waals surface area contributed by atoms with E-state index in [9.17, 15) is 0 Å². The summed E-state index contributed by atoms with van der Waals surface area (Å²) >= 11 is 0. The SMILES string of the molecule is c1cc2ccc3c(c2o1)CNCC3. The highest BCUT2D eigenvalue weighted by Gasteiger charge is 2.13. The maximum atomic E-state index is 5.48. The van der Waals surface area contributed by atoms with Gasteiger partial charge in [0, 0.05) is 17.5 Å². The third-order valence-corrected chi connectivity index (χ3v) is 2.69. The molecule has 2 heteroatoms. The lowest BCUT2D eigenvalue weighted by molar-refractivity contribution is 0.590. The van der Waals surface area contributed by atoms with Gasteiger partial charge in [0.15, 0.2) is 0 Å². The molecule has 0 aliphatic carbocycles. The van der Waals surface area contributed by atoms with Crippen LogP contribution in [-0.4, -0.2) is 6.54 Å². The second kappa shape index (κ2) is 2.60. The topological polar surface area (TPSA) is 25.2 Å². The van der Waals surface area contributed by atoms with E-state index in [1.165, 1.54) is 16.5 Å². The first kappa shape index (κ1) is 7.15. The lowest BCUT2D eigenvalue weighted by Crippen LogP contribution is -2.23. The van der Waals surface area contributed by atoms with Gasteiger partial charge in [-0.15, -0.1) is 0 Å². The summed E-state index contributed by atoms with van der Waals surface area (Å²) in [6.45, 7) is 2.03. The van der Waals surface area contributed by atoms with Crippen LogP contribution in [-0.2, 0) is 13.0 Å². The Morgan fingerprint density at radius 3 is 3.23 bits per heavy atom. The van der Waals surface area contributed by atoms with Gasteiger partial charge in [0.2, 0.25) is 0 Å². The van der Waals surface area contributed by atoms with E-state index in [1.54, 1.807) is 6.26 Å². The maximum absolute atomic E-state index is 5.48. The van der Waals surface area contributed by atoms with Crippen molar-refractivity contribution in [2.24, 2.45) is 0 Å². The Bertz CT molecular complexity index is 444. The van der Waals surface area contributed by atoms with Crippen molar-refractivity contribution in [1.82, 2.24) is 5.32 Å². The zero-order valence-corrected chi connectivity index (χ0v) is 7.34. The molecule has 0 spiro atoms. The minimum absolute atomic E-state index is 0.945. The number of hydrogen-bond donors (Lipinski definition) is 1. The Hall–Kier alpha value is -1.28. The molecule has 1 aromatic carbocycles. The fourth-order valence-electron chi connectivity index (χ4n) is 2.00. The van der Waals surface area contributed by atoms with E-state index in [-0.39, 0.29) is 0 Å². The summed E-state index contributed by atoms with van der Waals surface area (Å²) in [5.41, 5.74) is 3.83.